The van der Waals surface area contributed by atoms with Gasteiger partial charge in [0.15, 0.2) is 0 Å². The van der Waals surface area contributed by atoms with Crippen LogP contribution >= 0.6 is 0 Å². The predicted octanol–water partition coefficient (Wildman–Crippen LogP) is 10.1. The Balaban J connectivity index is 1.35. The van der Waals surface area contributed by atoms with Gasteiger partial charge in [-0.15, -0.1) is 0 Å². The lowest BCUT2D eigenvalue weighted by atomic mass is 9.43. The number of aromatic nitrogens is 2. The molecular formula is C37H54N2. The van der Waals surface area contributed by atoms with Gasteiger partial charge >= 0.3 is 0 Å². The van der Waals surface area contributed by atoms with Crippen molar-refractivity contribution >= 4 is 0 Å². The van der Waals surface area contributed by atoms with Gasteiger partial charge in [-0.05, 0) is 103 Å². The largest absolute Gasteiger partial charge is 0.237 e. The Morgan fingerprint density at radius 1 is 0.897 bits per heavy atom. The van der Waals surface area contributed by atoms with Crippen molar-refractivity contribution in [2.75, 3.05) is 0 Å². The molecule has 0 spiro atoms. The monoisotopic (exact) mass is 526 g/mol. The second-order valence-electron chi connectivity index (χ2n) is 15.8. The Kier molecular flexibility index (Phi) is 6.56. The van der Waals surface area contributed by atoms with E-state index in [0.717, 1.165) is 24.2 Å². The van der Waals surface area contributed by atoms with Gasteiger partial charge in [0.25, 0.3) is 0 Å². The van der Waals surface area contributed by atoms with E-state index in [1.807, 2.05) is 11.1 Å². The van der Waals surface area contributed by atoms with Crippen LogP contribution in [-0.2, 0) is 11.8 Å². The van der Waals surface area contributed by atoms with Crippen LogP contribution in [0.3, 0.4) is 0 Å². The van der Waals surface area contributed by atoms with Gasteiger partial charge in [0, 0.05) is 5.41 Å². The average molecular weight is 527 g/mol. The Bertz CT molecular complexity index is 1250. The van der Waals surface area contributed by atoms with Crippen molar-refractivity contribution < 1.29 is 0 Å². The standard InChI is InChI=1S/C37H54N2/c1-25(2)13-12-14-26(3)29-19-21-37(8)31-17-18-32-34(4,5)33-27(24-38-39(33)28-15-10-9-11-16-28)23-35(32,6)30(31)20-22-36(29,37)7/h9-11,15-16,24-26,29,32H,12-14,17-23H2,1-8H3/t26-,29-,32+,35-,36-,37+/m1/s1. The fourth-order valence-electron chi connectivity index (χ4n) is 11.0. The average Bonchev–Trinajstić information content (AvgIpc) is 3.43. The molecule has 0 saturated heterocycles. The van der Waals surface area contributed by atoms with Crippen LogP contribution in [0.4, 0.5) is 0 Å². The molecule has 1 aromatic heterocycles. The summed E-state index contributed by atoms with van der Waals surface area (Å²) >= 11 is 0. The van der Waals surface area contributed by atoms with E-state index in [1.54, 1.807) is 0 Å². The predicted molar refractivity (Wildman–Crippen MR) is 164 cm³/mol. The summed E-state index contributed by atoms with van der Waals surface area (Å²) in [5.41, 5.74) is 9.11. The number of hydrogen-bond donors (Lipinski definition) is 0. The van der Waals surface area contributed by atoms with Crippen molar-refractivity contribution in [1.82, 2.24) is 9.78 Å². The first-order valence-electron chi connectivity index (χ1n) is 16.3. The van der Waals surface area contributed by atoms with Crippen LogP contribution in [0.2, 0.25) is 0 Å². The van der Waals surface area contributed by atoms with E-state index in [2.05, 4.69) is 96.6 Å². The molecule has 6 atom stereocenters. The summed E-state index contributed by atoms with van der Waals surface area (Å²) in [6, 6.07) is 10.8. The first-order chi connectivity index (χ1) is 18.4. The van der Waals surface area contributed by atoms with Crippen LogP contribution < -0.4 is 0 Å². The molecule has 1 fully saturated rings. The van der Waals surface area contributed by atoms with Crippen LogP contribution in [0.25, 0.3) is 5.69 Å². The lowest BCUT2D eigenvalue weighted by Crippen LogP contribution is -2.54. The maximum Gasteiger partial charge on any atom is 0.0649 e. The zero-order chi connectivity index (χ0) is 27.8. The lowest BCUT2D eigenvalue weighted by Gasteiger charge is -2.61. The molecule has 2 aromatic rings. The van der Waals surface area contributed by atoms with Gasteiger partial charge in [-0.1, -0.05) is 104 Å². The van der Waals surface area contributed by atoms with Gasteiger partial charge in [-0.2, -0.15) is 5.10 Å². The van der Waals surface area contributed by atoms with E-state index in [-0.39, 0.29) is 10.8 Å². The molecule has 1 aromatic carbocycles. The molecule has 1 heterocycles. The zero-order valence-corrected chi connectivity index (χ0v) is 26.2. The van der Waals surface area contributed by atoms with Gasteiger partial charge in [-0.25, -0.2) is 4.68 Å². The first kappa shape index (κ1) is 27.3. The van der Waals surface area contributed by atoms with E-state index in [1.165, 1.54) is 74.7 Å². The van der Waals surface area contributed by atoms with Crippen molar-refractivity contribution in [3.05, 3.63) is 58.9 Å². The van der Waals surface area contributed by atoms with Crippen LogP contribution in [0, 0.1) is 39.9 Å². The summed E-state index contributed by atoms with van der Waals surface area (Å²) < 4.78 is 2.26. The maximum atomic E-state index is 5.00. The topological polar surface area (TPSA) is 17.8 Å². The second kappa shape index (κ2) is 9.35. The fourth-order valence-corrected chi connectivity index (χ4v) is 11.0. The van der Waals surface area contributed by atoms with Gasteiger partial charge < -0.3 is 0 Å². The minimum Gasteiger partial charge on any atom is -0.237 e. The molecule has 4 aliphatic rings. The van der Waals surface area contributed by atoms with E-state index >= 15 is 0 Å². The minimum absolute atomic E-state index is 0.0952. The van der Waals surface area contributed by atoms with Crippen LogP contribution in [0.1, 0.15) is 124 Å². The van der Waals surface area contributed by atoms with E-state index < -0.39 is 0 Å². The Morgan fingerprint density at radius 2 is 1.64 bits per heavy atom. The number of allylic oxidation sites excluding steroid dienone is 2. The van der Waals surface area contributed by atoms with Gasteiger partial charge in [-0.3, -0.25) is 0 Å². The smallest absolute Gasteiger partial charge is 0.0649 e. The Hall–Kier alpha value is -1.83. The molecule has 0 bridgehead atoms. The van der Waals surface area contributed by atoms with Crippen molar-refractivity contribution in [1.29, 1.82) is 0 Å². The highest BCUT2D eigenvalue weighted by Gasteiger charge is 2.63. The van der Waals surface area contributed by atoms with Gasteiger partial charge in [0.1, 0.15) is 0 Å². The van der Waals surface area contributed by atoms with Gasteiger partial charge in [0.2, 0.25) is 0 Å². The number of nitrogens with zero attached hydrogens (tertiary/aromatic N) is 2. The number of rotatable bonds is 6. The summed E-state index contributed by atoms with van der Waals surface area (Å²) in [7, 11) is 0. The third-order valence-electron chi connectivity index (χ3n) is 13.1. The summed E-state index contributed by atoms with van der Waals surface area (Å²) in [5.74, 6) is 3.23. The molecule has 0 amide bonds. The molecule has 212 valence electrons. The molecule has 2 nitrogen and oxygen atoms in total. The normalized spacial score (nSPS) is 35.8. The highest BCUT2D eigenvalue weighted by Crippen LogP contribution is 2.72. The third-order valence-corrected chi connectivity index (χ3v) is 13.1. The van der Waals surface area contributed by atoms with Crippen LogP contribution in [0.15, 0.2) is 47.7 Å². The third kappa shape index (κ3) is 3.89. The first-order valence-corrected chi connectivity index (χ1v) is 16.3. The number of para-hydroxylation sites is 1. The highest BCUT2D eigenvalue weighted by molar-refractivity contribution is 5.46. The van der Waals surface area contributed by atoms with E-state index in [4.69, 9.17) is 5.10 Å². The van der Waals surface area contributed by atoms with Crippen molar-refractivity contribution in [3.63, 3.8) is 0 Å². The van der Waals surface area contributed by atoms with E-state index in [0.29, 0.717) is 16.7 Å². The molecule has 6 rings (SSSR count). The lowest BCUT2D eigenvalue weighted by molar-refractivity contribution is 0.0133. The highest BCUT2D eigenvalue weighted by atomic mass is 15.3. The molecule has 2 heteroatoms. The summed E-state index contributed by atoms with van der Waals surface area (Å²) in [6.07, 6.45) is 15.8. The fraction of sp³-hybridized carbons (Fsp3) is 0.703. The zero-order valence-electron chi connectivity index (χ0n) is 26.2. The summed E-state index contributed by atoms with van der Waals surface area (Å²) in [4.78, 5) is 0. The second-order valence-corrected chi connectivity index (χ2v) is 15.8. The maximum absolute atomic E-state index is 5.00. The Morgan fingerprint density at radius 3 is 2.36 bits per heavy atom. The molecular weight excluding hydrogens is 472 g/mol. The number of benzene rings is 1. The van der Waals surface area contributed by atoms with Crippen LogP contribution in [0.5, 0.6) is 0 Å². The SMILES string of the molecule is CC(C)CCC[C@@H](C)[C@H]1CC[C@@]2(C)C3=C(CC[C@]12C)[C@@]1(C)Cc2cnn(-c4ccccc4)c2C(C)(C)[C@@H]1CC3. The summed E-state index contributed by atoms with van der Waals surface area (Å²) in [5, 5.41) is 5.00. The number of fused-ring (bicyclic) bond motifs is 5. The quantitative estimate of drug-likeness (QED) is 0.342. The molecule has 1 saturated carbocycles. The number of hydrogen-bond acceptors (Lipinski definition) is 1. The van der Waals surface area contributed by atoms with Crippen molar-refractivity contribution in [2.45, 2.75) is 125 Å². The molecule has 0 unspecified atom stereocenters. The molecule has 0 aliphatic heterocycles. The minimum atomic E-state index is 0.0952. The Labute approximate surface area is 239 Å². The van der Waals surface area contributed by atoms with Gasteiger partial charge in [0.05, 0.1) is 17.6 Å². The summed E-state index contributed by atoms with van der Waals surface area (Å²) in [6.45, 7) is 20.5. The van der Waals surface area contributed by atoms with Crippen molar-refractivity contribution in [3.8, 4) is 5.69 Å². The van der Waals surface area contributed by atoms with Crippen molar-refractivity contribution in [2.24, 2.45) is 39.9 Å². The van der Waals surface area contributed by atoms with Crippen LogP contribution in [-0.4, -0.2) is 9.78 Å². The molecule has 4 aliphatic carbocycles. The molecule has 0 N–H and O–H groups in total. The molecule has 0 radical (unpaired) electrons. The van der Waals surface area contributed by atoms with E-state index in [9.17, 15) is 0 Å². The molecule has 39 heavy (non-hydrogen) atoms.